The first-order valence-corrected chi connectivity index (χ1v) is 7.63. The first-order valence-electron chi connectivity index (χ1n) is 7.63. The highest BCUT2D eigenvalue weighted by Crippen LogP contribution is 2.49. The fourth-order valence-electron chi connectivity index (χ4n) is 3.81. The van der Waals surface area contributed by atoms with Gasteiger partial charge in [0.1, 0.15) is 5.82 Å². The Morgan fingerprint density at radius 3 is 2.05 bits per heavy atom. The molecule has 0 unspecified atom stereocenters. The van der Waals surface area contributed by atoms with Crippen molar-refractivity contribution in [2.24, 2.45) is 5.73 Å². The summed E-state index contributed by atoms with van der Waals surface area (Å²) in [6, 6.07) is 0. The van der Waals surface area contributed by atoms with E-state index in [1.807, 2.05) is 6.92 Å². The van der Waals surface area contributed by atoms with Crippen LogP contribution in [0.4, 0.5) is 4.39 Å². The van der Waals surface area contributed by atoms with Crippen LogP contribution in [0.15, 0.2) is 0 Å². The van der Waals surface area contributed by atoms with Crippen LogP contribution in [0.1, 0.15) is 48.8 Å². The van der Waals surface area contributed by atoms with Crippen LogP contribution >= 0.6 is 0 Å². The van der Waals surface area contributed by atoms with Crippen molar-refractivity contribution < 1.29 is 13.9 Å². The smallest absolute Gasteiger partial charge is 0.166 e. The van der Waals surface area contributed by atoms with Crippen LogP contribution in [0.25, 0.3) is 0 Å². The highest BCUT2D eigenvalue weighted by Gasteiger charge is 2.39. The second kappa shape index (κ2) is 6.22. The summed E-state index contributed by atoms with van der Waals surface area (Å²) < 4.78 is 25.7. The summed E-state index contributed by atoms with van der Waals surface area (Å²) in [5.41, 5.74) is 7.98. The summed E-state index contributed by atoms with van der Waals surface area (Å²) in [5.74, 6) is 0.941. The van der Waals surface area contributed by atoms with Crippen molar-refractivity contribution in [3.63, 3.8) is 0 Å². The Balaban J connectivity index is 2.74. The van der Waals surface area contributed by atoms with Crippen molar-refractivity contribution in [3.05, 3.63) is 22.5 Å². The number of hydrogen-bond acceptors (Lipinski definition) is 3. The van der Waals surface area contributed by atoms with Crippen molar-refractivity contribution in [1.29, 1.82) is 0 Å². The minimum absolute atomic E-state index is 0.199. The van der Waals surface area contributed by atoms with Gasteiger partial charge in [-0.3, -0.25) is 0 Å². The molecule has 0 atom stereocenters. The fourth-order valence-corrected chi connectivity index (χ4v) is 3.81. The lowest BCUT2D eigenvalue weighted by atomic mass is 9.67. The maximum Gasteiger partial charge on any atom is 0.166 e. The molecule has 0 bridgehead atoms. The number of benzene rings is 1. The average Bonchev–Trinajstić information content (AvgIpc) is 2.52. The van der Waals surface area contributed by atoms with Crippen molar-refractivity contribution in [1.82, 2.24) is 0 Å². The first-order chi connectivity index (χ1) is 10.0. The number of rotatable bonds is 4. The topological polar surface area (TPSA) is 44.5 Å². The van der Waals surface area contributed by atoms with Gasteiger partial charge in [0.25, 0.3) is 0 Å². The van der Waals surface area contributed by atoms with Crippen LogP contribution in [-0.4, -0.2) is 20.8 Å². The van der Waals surface area contributed by atoms with Crippen LogP contribution in [0.5, 0.6) is 11.5 Å². The van der Waals surface area contributed by atoms with Gasteiger partial charge in [-0.1, -0.05) is 19.3 Å². The maximum absolute atomic E-state index is 14.6. The van der Waals surface area contributed by atoms with E-state index in [4.69, 9.17) is 15.2 Å². The van der Waals surface area contributed by atoms with Crippen LogP contribution in [0, 0.1) is 19.7 Å². The molecule has 1 aromatic carbocycles. The molecule has 0 heterocycles. The average molecular weight is 295 g/mol. The molecule has 0 aliphatic heterocycles. The molecule has 0 amide bonds. The molecule has 1 saturated carbocycles. The van der Waals surface area contributed by atoms with Gasteiger partial charge in [-0.15, -0.1) is 0 Å². The molecule has 1 aliphatic carbocycles. The summed E-state index contributed by atoms with van der Waals surface area (Å²) in [6.45, 7) is 4.06. The second-order valence-electron chi connectivity index (χ2n) is 6.05. The normalized spacial score (nSPS) is 17.6. The molecule has 118 valence electrons. The van der Waals surface area contributed by atoms with Crippen molar-refractivity contribution in [3.8, 4) is 11.5 Å². The molecule has 21 heavy (non-hydrogen) atoms. The lowest BCUT2D eigenvalue weighted by Gasteiger charge is -2.39. The third-order valence-electron chi connectivity index (χ3n) is 4.95. The molecular formula is C17H26FNO2. The summed E-state index contributed by atoms with van der Waals surface area (Å²) in [7, 11) is 3.17. The third-order valence-corrected chi connectivity index (χ3v) is 4.95. The van der Waals surface area contributed by atoms with Crippen LogP contribution in [0.3, 0.4) is 0 Å². The summed E-state index contributed by atoms with van der Waals surface area (Å²) >= 11 is 0. The molecule has 4 heteroatoms. The molecule has 1 aromatic rings. The van der Waals surface area contributed by atoms with Gasteiger partial charge in [0.2, 0.25) is 0 Å². The van der Waals surface area contributed by atoms with E-state index >= 15 is 0 Å². The molecule has 1 fully saturated rings. The van der Waals surface area contributed by atoms with E-state index in [-0.39, 0.29) is 11.2 Å². The van der Waals surface area contributed by atoms with E-state index in [9.17, 15) is 4.39 Å². The van der Waals surface area contributed by atoms with E-state index in [1.165, 1.54) is 6.42 Å². The summed E-state index contributed by atoms with van der Waals surface area (Å²) in [6.07, 6.45) is 5.42. The molecule has 0 radical (unpaired) electrons. The van der Waals surface area contributed by atoms with Gasteiger partial charge in [0.05, 0.1) is 14.2 Å². The van der Waals surface area contributed by atoms with Crippen molar-refractivity contribution in [2.75, 3.05) is 20.8 Å². The zero-order valence-electron chi connectivity index (χ0n) is 13.5. The van der Waals surface area contributed by atoms with E-state index in [1.54, 1.807) is 21.1 Å². The quantitative estimate of drug-likeness (QED) is 0.922. The Kier molecular flexibility index (Phi) is 4.77. The highest BCUT2D eigenvalue weighted by molar-refractivity contribution is 5.59. The van der Waals surface area contributed by atoms with Crippen LogP contribution < -0.4 is 15.2 Å². The predicted molar refractivity (Wildman–Crippen MR) is 82.8 cm³/mol. The van der Waals surface area contributed by atoms with E-state index in [2.05, 4.69) is 0 Å². The third kappa shape index (κ3) is 2.50. The summed E-state index contributed by atoms with van der Waals surface area (Å²) in [5, 5.41) is 0. The number of nitrogens with two attached hydrogens (primary N) is 1. The number of hydrogen-bond donors (Lipinski definition) is 1. The maximum atomic E-state index is 14.6. The Morgan fingerprint density at radius 1 is 1.00 bits per heavy atom. The fraction of sp³-hybridized carbons (Fsp3) is 0.647. The van der Waals surface area contributed by atoms with Gasteiger partial charge >= 0.3 is 0 Å². The van der Waals surface area contributed by atoms with Gasteiger partial charge in [-0.05, 0) is 32.3 Å². The molecule has 2 rings (SSSR count). The Morgan fingerprint density at radius 2 is 1.57 bits per heavy atom. The monoisotopic (exact) mass is 295 g/mol. The molecule has 0 aromatic heterocycles. The van der Waals surface area contributed by atoms with Gasteiger partial charge in [0, 0.05) is 23.1 Å². The van der Waals surface area contributed by atoms with Gasteiger partial charge in [-0.2, -0.15) is 0 Å². The Hall–Kier alpha value is -1.29. The lowest BCUT2D eigenvalue weighted by molar-refractivity contribution is 0.277. The highest BCUT2D eigenvalue weighted by atomic mass is 19.1. The van der Waals surface area contributed by atoms with E-state index in [0.717, 1.165) is 31.2 Å². The first kappa shape index (κ1) is 16.1. The number of methoxy groups -OCH3 is 2. The Labute approximate surface area is 126 Å². The summed E-state index contributed by atoms with van der Waals surface area (Å²) in [4.78, 5) is 0. The standard InChI is InChI=1S/C17H26FNO2/c1-11-13(17(10-19)8-6-5-7-9-17)16(21-4)15(20-3)12(2)14(11)18/h5-10,19H2,1-4H3. The SMILES string of the molecule is COc1c(C)c(F)c(C)c(C2(CN)CCCCC2)c1OC. The van der Waals surface area contributed by atoms with E-state index in [0.29, 0.717) is 29.2 Å². The number of halogens is 1. The predicted octanol–water partition coefficient (Wildman–Crippen LogP) is 3.62. The van der Waals surface area contributed by atoms with Gasteiger partial charge in [0.15, 0.2) is 11.5 Å². The van der Waals surface area contributed by atoms with Crippen molar-refractivity contribution >= 4 is 0 Å². The molecule has 2 N–H and O–H groups in total. The minimum atomic E-state index is -0.207. The molecular weight excluding hydrogens is 269 g/mol. The second-order valence-corrected chi connectivity index (χ2v) is 6.05. The molecule has 0 spiro atoms. The molecule has 1 aliphatic rings. The zero-order chi connectivity index (χ0) is 15.6. The minimum Gasteiger partial charge on any atom is -0.493 e. The largest absolute Gasteiger partial charge is 0.493 e. The lowest BCUT2D eigenvalue weighted by Crippen LogP contribution is -2.38. The van der Waals surface area contributed by atoms with Gasteiger partial charge < -0.3 is 15.2 Å². The zero-order valence-corrected chi connectivity index (χ0v) is 13.5. The molecule has 3 nitrogen and oxygen atoms in total. The molecule has 0 saturated heterocycles. The van der Waals surface area contributed by atoms with Crippen LogP contribution in [0.2, 0.25) is 0 Å². The Bertz CT molecular complexity index is 522. The van der Waals surface area contributed by atoms with E-state index < -0.39 is 0 Å². The van der Waals surface area contributed by atoms with Crippen molar-refractivity contribution in [2.45, 2.75) is 51.4 Å². The van der Waals surface area contributed by atoms with Gasteiger partial charge in [-0.25, -0.2) is 4.39 Å². The number of ether oxygens (including phenoxy) is 2. The van der Waals surface area contributed by atoms with Crippen LogP contribution in [-0.2, 0) is 5.41 Å².